The van der Waals surface area contributed by atoms with Crippen LogP contribution in [0.15, 0.2) is 47.6 Å². The third-order valence-electron chi connectivity index (χ3n) is 3.65. The first-order valence-corrected chi connectivity index (χ1v) is 7.74. The number of fused-ring (bicyclic) bond motifs is 1. The lowest BCUT2D eigenvalue weighted by Crippen LogP contribution is -2.26. The summed E-state index contributed by atoms with van der Waals surface area (Å²) in [7, 11) is 0. The summed E-state index contributed by atoms with van der Waals surface area (Å²) >= 11 is 0. The average molecular weight is 356 g/mol. The van der Waals surface area contributed by atoms with Crippen LogP contribution < -0.4 is 20.2 Å². The molecule has 1 amide bonds. The quantitative estimate of drug-likeness (QED) is 0.466. The lowest BCUT2D eigenvalue weighted by Gasteiger charge is -2.07. The van der Waals surface area contributed by atoms with Crippen LogP contribution >= 0.6 is 0 Å². The first-order valence-electron chi connectivity index (χ1n) is 7.74. The number of carbonyl (C=O) groups is 1. The zero-order valence-corrected chi connectivity index (χ0v) is 13.9. The van der Waals surface area contributed by atoms with Gasteiger partial charge in [0.1, 0.15) is 0 Å². The highest BCUT2D eigenvalue weighted by Gasteiger charge is 2.13. The molecule has 2 aromatic rings. The van der Waals surface area contributed by atoms with Gasteiger partial charge in [-0.2, -0.15) is 5.10 Å². The number of nitrogens with one attached hydrogen (secondary N) is 2. The Morgan fingerprint density at radius 1 is 1.23 bits per heavy atom. The number of non-ortho nitro benzene ring substituents is 1. The molecule has 2 aromatic carbocycles. The molecule has 1 heterocycles. The van der Waals surface area contributed by atoms with Crippen molar-refractivity contribution in [3.63, 3.8) is 0 Å². The van der Waals surface area contributed by atoms with Crippen molar-refractivity contribution in [2.45, 2.75) is 6.92 Å². The molecule has 0 saturated carbocycles. The van der Waals surface area contributed by atoms with Gasteiger partial charge in [-0.1, -0.05) is 12.1 Å². The summed E-state index contributed by atoms with van der Waals surface area (Å²) in [5.41, 5.74) is 4.11. The molecule has 0 spiro atoms. The molecule has 0 bridgehead atoms. The van der Waals surface area contributed by atoms with Crippen LogP contribution in [-0.2, 0) is 4.79 Å². The highest BCUT2D eigenvalue weighted by molar-refractivity contribution is 5.99. The summed E-state index contributed by atoms with van der Waals surface area (Å²) in [4.78, 5) is 22.2. The molecule has 1 aliphatic heterocycles. The number of hydrazone groups is 1. The minimum Gasteiger partial charge on any atom is -0.454 e. The zero-order chi connectivity index (χ0) is 18.5. The normalized spacial score (nSPS) is 12.6. The highest BCUT2D eigenvalue weighted by atomic mass is 16.7. The van der Waals surface area contributed by atoms with Gasteiger partial charge in [0.2, 0.25) is 6.79 Å². The number of anilines is 1. The summed E-state index contributed by atoms with van der Waals surface area (Å²) in [5, 5.41) is 17.7. The molecule has 134 valence electrons. The molecule has 0 aromatic heterocycles. The van der Waals surface area contributed by atoms with Crippen molar-refractivity contribution in [3.05, 3.63) is 58.1 Å². The molecule has 1 aliphatic rings. The standard InChI is InChI=1S/C17H16N4O5/c1-11(12-3-2-4-14(7-12)21(23)24)19-20-17(22)9-18-13-5-6-15-16(8-13)26-10-25-15/h2-8,18H,9-10H2,1H3,(H,20,22)/b19-11-. The van der Waals surface area contributed by atoms with E-state index in [9.17, 15) is 14.9 Å². The van der Waals surface area contributed by atoms with Crippen LogP contribution in [0.3, 0.4) is 0 Å². The number of ether oxygens (including phenoxy) is 2. The van der Waals surface area contributed by atoms with E-state index in [1.807, 2.05) is 0 Å². The molecule has 3 rings (SSSR count). The summed E-state index contributed by atoms with van der Waals surface area (Å²) in [5.74, 6) is 0.930. The third-order valence-corrected chi connectivity index (χ3v) is 3.65. The second-order valence-electron chi connectivity index (χ2n) is 5.46. The van der Waals surface area contributed by atoms with E-state index in [1.54, 1.807) is 37.3 Å². The predicted octanol–water partition coefficient (Wildman–Crippen LogP) is 2.28. The number of nitrogens with zero attached hydrogens (tertiary/aromatic N) is 2. The topological polar surface area (TPSA) is 115 Å². The van der Waals surface area contributed by atoms with Crippen LogP contribution in [0.5, 0.6) is 11.5 Å². The Kier molecular flexibility index (Phi) is 4.97. The Morgan fingerprint density at radius 3 is 2.85 bits per heavy atom. The van der Waals surface area contributed by atoms with E-state index in [0.717, 1.165) is 0 Å². The maximum atomic E-state index is 11.9. The number of amides is 1. The summed E-state index contributed by atoms with van der Waals surface area (Å²) < 4.78 is 10.5. The Hall–Kier alpha value is -3.62. The molecule has 0 aliphatic carbocycles. The number of carbonyl (C=O) groups excluding carboxylic acids is 1. The molecule has 0 unspecified atom stereocenters. The summed E-state index contributed by atoms with van der Waals surface area (Å²) in [6.45, 7) is 1.85. The van der Waals surface area contributed by atoms with Crippen LogP contribution in [-0.4, -0.2) is 29.9 Å². The lowest BCUT2D eigenvalue weighted by molar-refractivity contribution is -0.384. The number of benzene rings is 2. The smallest absolute Gasteiger partial charge is 0.270 e. The van der Waals surface area contributed by atoms with Gasteiger partial charge in [-0.15, -0.1) is 0 Å². The van der Waals surface area contributed by atoms with Gasteiger partial charge in [-0.3, -0.25) is 14.9 Å². The molecule has 9 nitrogen and oxygen atoms in total. The van der Waals surface area contributed by atoms with Crippen molar-refractivity contribution in [3.8, 4) is 11.5 Å². The summed E-state index contributed by atoms with van der Waals surface area (Å²) in [6, 6.07) is 11.3. The van der Waals surface area contributed by atoms with Crippen molar-refractivity contribution in [1.82, 2.24) is 5.43 Å². The van der Waals surface area contributed by atoms with Gasteiger partial charge in [-0.25, -0.2) is 5.43 Å². The number of nitro benzene ring substituents is 1. The van der Waals surface area contributed by atoms with Gasteiger partial charge in [0, 0.05) is 29.4 Å². The van der Waals surface area contributed by atoms with Gasteiger partial charge in [-0.05, 0) is 19.1 Å². The first-order chi connectivity index (χ1) is 12.5. The van der Waals surface area contributed by atoms with Gasteiger partial charge < -0.3 is 14.8 Å². The van der Waals surface area contributed by atoms with E-state index in [4.69, 9.17) is 9.47 Å². The Labute approximate surface area is 148 Å². The average Bonchev–Trinajstić information content (AvgIpc) is 3.12. The molecule has 0 atom stereocenters. The van der Waals surface area contributed by atoms with Gasteiger partial charge in [0.25, 0.3) is 11.6 Å². The van der Waals surface area contributed by atoms with Crippen molar-refractivity contribution in [2.75, 3.05) is 18.7 Å². The van der Waals surface area contributed by atoms with Crippen LogP contribution in [0.2, 0.25) is 0 Å². The number of hydrogen-bond acceptors (Lipinski definition) is 7. The van der Waals surface area contributed by atoms with Gasteiger partial charge >= 0.3 is 0 Å². The Bertz CT molecular complexity index is 881. The minimum absolute atomic E-state index is 0.00532. The molecular weight excluding hydrogens is 340 g/mol. The monoisotopic (exact) mass is 356 g/mol. The fraction of sp³-hybridized carbons (Fsp3) is 0.176. The van der Waals surface area contributed by atoms with Crippen LogP contribution in [0.25, 0.3) is 0 Å². The lowest BCUT2D eigenvalue weighted by atomic mass is 10.1. The van der Waals surface area contributed by atoms with E-state index in [2.05, 4.69) is 15.8 Å². The van der Waals surface area contributed by atoms with Crippen LogP contribution in [0.4, 0.5) is 11.4 Å². The predicted molar refractivity (Wildman–Crippen MR) is 94.5 cm³/mol. The molecule has 2 N–H and O–H groups in total. The van der Waals surface area contributed by atoms with Crippen molar-refractivity contribution in [2.24, 2.45) is 5.10 Å². The highest BCUT2D eigenvalue weighted by Crippen LogP contribution is 2.34. The fourth-order valence-electron chi connectivity index (χ4n) is 2.28. The van der Waals surface area contributed by atoms with Crippen molar-refractivity contribution >= 4 is 23.0 Å². The van der Waals surface area contributed by atoms with Crippen molar-refractivity contribution in [1.29, 1.82) is 0 Å². The Balaban J connectivity index is 1.55. The summed E-state index contributed by atoms with van der Waals surface area (Å²) in [6.07, 6.45) is 0. The molecule has 26 heavy (non-hydrogen) atoms. The van der Waals surface area contributed by atoms with Crippen LogP contribution in [0.1, 0.15) is 12.5 Å². The molecule has 0 saturated heterocycles. The van der Waals surface area contributed by atoms with E-state index in [-0.39, 0.29) is 24.9 Å². The van der Waals surface area contributed by atoms with E-state index >= 15 is 0 Å². The van der Waals surface area contributed by atoms with E-state index in [1.165, 1.54) is 12.1 Å². The zero-order valence-electron chi connectivity index (χ0n) is 13.9. The maximum absolute atomic E-state index is 11.9. The van der Waals surface area contributed by atoms with Gasteiger partial charge in [0.05, 0.1) is 17.2 Å². The number of nitro groups is 1. The largest absolute Gasteiger partial charge is 0.454 e. The minimum atomic E-state index is -0.481. The molecule has 9 heteroatoms. The number of hydrogen-bond donors (Lipinski definition) is 2. The van der Waals surface area contributed by atoms with E-state index in [0.29, 0.717) is 28.5 Å². The fourth-order valence-corrected chi connectivity index (χ4v) is 2.28. The SMILES string of the molecule is C/C(=N/NC(=O)CNc1ccc2c(c1)OCO2)c1cccc([N+](=O)[O-])c1. The third kappa shape index (κ3) is 4.07. The van der Waals surface area contributed by atoms with E-state index < -0.39 is 4.92 Å². The number of rotatable bonds is 6. The maximum Gasteiger partial charge on any atom is 0.270 e. The molecule has 0 radical (unpaired) electrons. The molecule has 0 fully saturated rings. The Morgan fingerprint density at radius 2 is 2.04 bits per heavy atom. The van der Waals surface area contributed by atoms with Crippen LogP contribution in [0, 0.1) is 10.1 Å². The van der Waals surface area contributed by atoms with Crippen molar-refractivity contribution < 1.29 is 19.2 Å². The molecular formula is C17H16N4O5. The van der Waals surface area contributed by atoms with Gasteiger partial charge in [0.15, 0.2) is 11.5 Å². The second-order valence-corrected chi connectivity index (χ2v) is 5.46. The first kappa shape index (κ1) is 17.2. The second kappa shape index (κ2) is 7.51.